The summed E-state index contributed by atoms with van der Waals surface area (Å²) in [4.78, 5) is 14.0. The Labute approximate surface area is 105 Å². The molecule has 0 bridgehead atoms. The fourth-order valence-corrected chi connectivity index (χ4v) is 2.44. The van der Waals surface area contributed by atoms with Gasteiger partial charge in [-0.05, 0) is 32.9 Å². The van der Waals surface area contributed by atoms with Crippen molar-refractivity contribution in [1.82, 2.24) is 15.5 Å². The smallest absolute Gasteiger partial charge is 0.315 e. The van der Waals surface area contributed by atoms with Crippen LogP contribution in [0.25, 0.3) is 0 Å². The molecule has 1 aliphatic rings. The topological polar surface area (TPSA) is 44.4 Å². The van der Waals surface area contributed by atoms with Gasteiger partial charge in [-0.3, -0.25) is 0 Å². The molecule has 1 rings (SSSR count). The molecule has 1 unspecified atom stereocenters. The Hall–Kier alpha value is -0.770. The Morgan fingerprint density at radius 2 is 1.88 bits per heavy atom. The number of likely N-dealkylation sites (N-methyl/N-ethyl adjacent to an activating group) is 1. The highest BCUT2D eigenvalue weighted by molar-refractivity contribution is 5.74. The number of rotatable bonds is 6. The molecule has 0 heterocycles. The number of urea groups is 1. The second-order valence-corrected chi connectivity index (χ2v) is 4.99. The minimum absolute atomic E-state index is 0.00319. The van der Waals surface area contributed by atoms with Gasteiger partial charge in [0, 0.05) is 18.6 Å². The number of nitrogens with one attached hydrogen (secondary N) is 2. The van der Waals surface area contributed by atoms with E-state index in [-0.39, 0.29) is 12.1 Å². The number of amides is 2. The molecule has 0 aromatic heterocycles. The first-order valence-electron chi connectivity index (χ1n) is 6.95. The molecule has 1 aliphatic carbocycles. The zero-order chi connectivity index (χ0) is 12.7. The van der Waals surface area contributed by atoms with Gasteiger partial charge in [-0.1, -0.05) is 26.7 Å². The first-order chi connectivity index (χ1) is 8.15. The lowest BCUT2D eigenvalue weighted by atomic mass is 10.2. The molecule has 0 aromatic carbocycles. The SMILES string of the molecule is CCN(CC)CC(C)NC(=O)NC1CCCC1. The molecule has 1 fully saturated rings. The quantitative estimate of drug-likeness (QED) is 0.746. The first kappa shape index (κ1) is 14.3. The molecule has 4 heteroatoms. The highest BCUT2D eigenvalue weighted by Gasteiger charge is 2.18. The van der Waals surface area contributed by atoms with Crippen molar-refractivity contribution < 1.29 is 4.79 Å². The highest BCUT2D eigenvalue weighted by atomic mass is 16.2. The van der Waals surface area contributed by atoms with E-state index in [1.54, 1.807) is 0 Å². The molecule has 100 valence electrons. The van der Waals surface area contributed by atoms with E-state index in [0.29, 0.717) is 6.04 Å². The van der Waals surface area contributed by atoms with Crippen molar-refractivity contribution in [3.05, 3.63) is 0 Å². The molecule has 4 nitrogen and oxygen atoms in total. The molecule has 2 amide bonds. The normalized spacial score (nSPS) is 18.4. The number of hydrogen-bond donors (Lipinski definition) is 2. The maximum atomic E-state index is 11.7. The molecule has 0 radical (unpaired) electrons. The summed E-state index contributed by atoms with van der Waals surface area (Å²) >= 11 is 0. The number of hydrogen-bond acceptors (Lipinski definition) is 2. The molecule has 0 saturated heterocycles. The Morgan fingerprint density at radius 1 is 1.29 bits per heavy atom. The van der Waals surface area contributed by atoms with Gasteiger partial charge < -0.3 is 15.5 Å². The summed E-state index contributed by atoms with van der Waals surface area (Å²) in [6.45, 7) is 9.35. The van der Waals surface area contributed by atoms with Gasteiger partial charge in [0.15, 0.2) is 0 Å². The fraction of sp³-hybridized carbons (Fsp3) is 0.923. The molecule has 0 aliphatic heterocycles. The van der Waals surface area contributed by atoms with Crippen LogP contribution in [0.5, 0.6) is 0 Å². The minimum Gasteiger partial charge on any atom is -0.335 e. The minimum atomic E-state index is -0.00319. The lowest BCUT2D eigenvalue weighted by Gasteiger charge is -2.24. The van der Waals surface area contributed by atoms with Gasteiger partial charge in [0.1, 0.15) is 0 Å². The van der Waals surface area contributed by atoms with E-state index < -0.39 is 0 Å². The maximum Gasteiger partial charge on any atom is 0.315 e. The van der Waals surface area contributed by atoms with E-state index in [1.165, 1.54) is 12.8 Å². The van der Waals surface area contributed by atoms with Crippen molar-refractivity contribution >= 4 is 6.03 Å². The number of carbonyl (C=O) groups is 1. The number of carbonyl (C=O) groups excluding carboxylic acids is 1. The average Bonchev–Trinajstić information content (AvgIpc) is 2.78. The van der Waals surface area contributed by atoms with Gasteiger partial charge in [0.25, 0.3) is 0 Å². The summed E-state index contributed by atoms with van der Waals surface area (Å²) in [5, 5.41) is 6.06. The van der Waals surface area contributed by atoms with Crippen LogP contribution >= 0.6 is 0 Å². The van der Waals surface area contributed by atoms with Crippen LogP contribution in [0.3, 0.4) is 0 Å². The third-order valence-corrected chi connectivity index (χ3v) is 3.49. The van der Waals surface area contributed by atoms with E-state index >= 15 is 0 Å². The highest BCUT2D eigenvalue weighted by Crippen LogP contribution is 2.17. The molecule has 1 saturated carbocycles. The van der Waals surface area contributed by atoms with Crippen molar-refractivity contribution in [1.29, 1.82) is 0 Å². The summed E-state index contributed by atoms with van der Waals surface area (Å²) in [7, 11) is 0. The van der Waals surface area contributed by atoms with Crippen LogP contribution in [0.2, 0.25) is 0 Å². The predicted molar refractivity (Wildman–Crippen MR) is 71.2 cm³/mol. The molecule has 0 aromatic rings. The summed E-state index contributed by atoms with van der Waals surface area (Å²) in [5.41, 5.74) is 0. The van der Waals surface area contributed by atoms with E-state index in [0.717, 1.165) is 32.5 Å². The van der Waals surface area contributed by atoms with Gasteiger partial charge in [-0.25, -0.2) is 4.79 Å². The molecule has 2 N–H and O–H groups in total. The average molecular weight is 241 g/mol. The largest absolute Gasteiger partial charge is 0.335 e. The van der Waals surface area contributed by atoms with E-state index in [9.17, 15) is 4.79 Å². The monoisotopic (exact) mass is 241 g/mol. The van der Waals surface area contributed by atoms with Crippen LogP contribution in [0.1, 0.15) is 46.5 Å². The van der Waals surface area contributed by atoms with Crippen molar-refractivity contribution in [2.45, 2.75) is 58.5 Å². The second-order valence-electron chi connectivity index (χ2n) is 4.99. The zero-order valence-corrected chi connectivity index (χ0v) is 11.5. The summed E-state index contributed by atoms with van der Waals surface area (Å²) in [6.07, 6.45) is 4.77. The summed E-state index contributed by atoms with van der Waals surface area (Å²) in [6, 6.07) is 0.600. The van der Waals surface area contributed by atoms with Gasteiger partial charge in [-0.2, -0.15) is 0 Å². The Bertz CT molecular complexity index is 223. The van der Waals surface area contributed by atoms with Crippen molar-refractivity contribution in [2.75, 3.05) is 19.6 Å². The molecular weight excluding hydrogens is 214 g/mol. The summed E-state index contributed by atoms with van der Waals surface area (Å²) < 4.78 is 0. The van der Waals surface area contributed by atoms with E-state index in [1.807, 2.05) is 0 Å². The van der Waals surface area contributed by atoms with Gasteiger partial charge in [-0.15, -0.1) is 0 Å². The van der Waals surface area contributed by atoms with Gasteiger partial charge in [0.2, 0.25) is 0 Å². The second kappa shape index (κ2) is 7.54. The fourth-order valence-electron chi connectivity index (χ4n) is 2.44. The van der Waals surface area contributed by atoms with E-state index in [4.69, 9.17) is 0 Å². The van der Waals surface area contributed by atoms with E-state index in [2.05, 4.69) is 36.3 Å². The van der Waals surface area contributed by atoms with Crippen LogP contribution in [0.4, 0.5) is 4.79 Å². The van der Waals surface area contributed by atoms with Crippen LogP contribution < -0.4 is 10.6 Å². The van der Waals surface area contributed by atoms with Crippen LogP contribution in [0.15, 0.2) is 0 Å². The van der Waals surface area contributed by atoms with Crippen LogP contribution in [-0.4, -0.2) is 42.6 Å². The zero-order valence-electron chi connectivity index (χ0n) is 11.5. The standard InChI is InChI=1S/C13H27N3O/c1-4-16(5-2)10-11(3)14-13(17)15-12-8-6-7-9-12/h11-12H,4-10H2,1-3H3,(H2,14,15,17). The van der Waals surface area contributed by atoms with Crippen LogP contribution in [-0.2, 0) is 0 Å². The predicted octanol–water partition coefficient (Wildman–Crippen LogP) is 1.96. The Kier molecular flexibility index (Phi) is 6.34. The van der Waals surface area contributed by atoms with Crippen molar-refractivity contribution in [3.8, 4) is 0 Å². The van der Waals surface area contributed by atoms with Crippen molar-refractivity contribution in [3.63, 3.8) is 0 Å². The lowest BCUT2D eigenvalue weighted by molar-refractivity contribution is 0.224. The van der Waals surface area contributed by atoms with Crippen molar-refractivity contribution in [2.24, 2.45) is 0 Å². The molecule has 17 heavy (non-hydrogen) atoms. The third kappa shape index (κ3) is 5.39. The third-order valence-electron chi connectivity index (χ3n) is 3.49. The number of nitrogens with zero attached hydrogens (tertiary/aromatic N) is 1. The molecular formula is C13H27N3O. The Balaban J connectivity index is 2.20. The van der Waals surface area contributed by atoms with Gasteiger partial charge >= 0.3 is 6.03 Å². The first-order valence-corrected chi connectivity index (χ1v) is 6.95. The Morgan fingerprint density at radius 3 is 2.41 bits per heavy atom. The van der Waals surface area contributed by atoms with Crippen LogP contribution in [0, 0.1) is 0 Å². The lowest BCUT2D eigenvalue weighted by Crippen LogP contribution is -2.48. The molecule has 1 atom stereocenters. The maximum absolute atomic E-state index is 11.7. The molecule has 0 spiro atoms. The summed E-state index contributed by atoms with van der Waals surface area (Å²) in [5.74, 6) is 0. The van der Waals surface area contributed by atoms with Gasteiger partial charge in [0.05, 0.1) is 0 Å².